The van der Waals surface area contributed by atoms with Gasteiger partial charge in [-0.3, -0.25) is 14.0 Å². The van der Waals surface area contributed by atoms with Crippen molar-refractivity contribution in [3.8, 4) is 11.3 Å². The van der Waals surface area contributed by atoms with E-state index in [0.717, 1.165) is 27.7 Å². The molecule has 5 rings (SSSR count). The molecule has 1 N–H and O–H groups in total. The molecule has 10 heteroatoms. The minimum absolute atomic E-state index is 0.0441. The van der Waals surface area contributed by atoms with Gasteiger partial charge in [0.2, 0.25) is 10.0 Å². The monoisotopic (exact) mass is 480 g/mol. The minimum atomic E-state index is -3.87. The van der Waals surface area contributed by atoms with Crippen LogP contribution in [0.5, 0.6) is 0 Å². The summed E-state index contributed by atoms with van der Waals surface area (Å²) in [4.78, 5) is 8.82. The zero-order valence-electron chi connectivity index (χ0n) is 17.6. The van der Waals surface area contributed by atoms with E-state index >= 15 is 0 Å². The fourth-order valence-electron chi connectivity index (χ4n) is 3.70. The third-order valence-corrected chi connectivity index (χ3v) is 8.74. The zero-order valence-corrected chi connectivity index (χ0v) is 19.3. The third kappa shape index (κ3) is 4.03. The highest BCUT2D eigenvalue weighted by Crippen LogP contribution is 2.29. The maximum atomic E-state index is 12.9. The first-order valence-corrected chi connectivity index (χ1v) is 13.3. The molecule has 2 aromatic heterocycles. The van der Waals surface area contributed by atoms with E-state index < -0.39 is 20.0 Å². The highest BCUT2D eigenvalue weighted by Gasteiger charge is 2.32. The van der Waals surface area contributed by atoms with E-state index in [1.165, 1.54) is 28.6 Å². The highest BCUT2D eigenvalue weighted by atomic mass is 32.2. The molecule has 0 spiro atoms. The lowest BCUT2D eigenvalue weighted by molar-refractivity contribution is 0.578. The molecule has 0 aliphatic carbocycles. The van der Waals surface area contributed by atoms with Crippen LogP contribution in [0, 0.1) is 6.92 Å². The summed E-state index contributed by atoms with van der Waals surface area (Å²) in [6.07, 6.45) is 3.42. The number of sulfonamides is 2. The van der Waals surface area contributed by atoms with E-state index in [9.17, 15) is 16.8 Å². The van der Waals surface area contributed by atoms with Gasteiger partial charge in [-0.15, -0.1) is 0 Å². The molecule has 1 fully saturated rings. The average Bonchev–Trinajstić information content (AvgIpc) is 2.79. The van der Waals surface area contributed by atoms with Gasteiger partial charge in [-0.25, -0.2) is 21.8 Å². The van der Waals surface area contributed by atoms with Gasteiger partial charge in [-0.1, -0.05) is 6.07 Å². The van der Waals surface area contributed by atoms with E-state index in [-0.39, 0.29) is 10.6 Å². The number of anilines is 2. The maximum Gasteiger partial charge on any atom is 0.261 e. The first kappa shape index (κ1) is 21.4. The topological polar surface area (TPSA) is 109 Å². The average molecular weight is 481 g/mol. The molecule has 4 aromatic rings. The Kier molecular flexibility index (Phi) is 5.06. The summed E-state index contributed by atoms with van der Waals surface area (Å²) in [5, 5.41) is 0.922. The molecular weight excluding hydrogens is 460 g/mol. The fraction of sp³-hybridized carbons (Fsp3) is 0.130. The SMILES string of the molecule is Cc1ccc(NS(=O)(=O)c2ccc(N3CCS3(=O)=O)cc2)cc1-c1ccc2cnccc2n1. The van der Waals surface area contributed by atoms with E-state index in [1.807, 2.05) is 31.2 Å². The molecule has 1 aliphatic rings. The van der Waals surface area contributed by atoms with Crippen molar-refractivity contribution in [2.45, 2.75) is 11.8 Å². The van der Waals surface area contributed by atoms with Crippen LogP contribution in [0.1, 0.15) is 5.56 Å². The summed E-state index contributed by atoms with van der Waals surface area (Å²) in [6, 6.07) is 16.7. The quantitative estimate of drug-likeness (QED) is 0.468. The van der Waals surface area contributed by atoms with Gasteiger partial charge in [-0.05, 0) is 67.1 Å². The molecule has 0 radical (unpaired) electrons. The van der Waals surface area contributed by atoms with Crippen LogP contribution in [0.25, 0.3) is 22.2 Å². The number of aryl methyl sites for hydroxylation is 1. The van der Waals surface area contributed by atoms with Gasteiger partial charge in [-0.2, -0.15) is 0 Å². The smallest absolute Gasteiger partial charge is 0.261 e. The van der Waals surface area contributed by atoms with Gasteiger partial charge < -0.3 is 0 Å². The number of hydrogen-bond donors (Lipinski definition) is 1. The Balaban J connectivity index is 1.43. The zero-order chi connectivity index (χ0) is 23.2. The number of nitrogens with zero attached hydrogens (tertiary/aromatic N) is 3. The number of aromatic nitrogens is 2. The van der Waals surface area contributed by atoms with Gasteiger partial charge in [0.1, 0.15) is 0 Å². The second kappa shape index (κ2) is 7.82. The second-order valence-corrected chi connectivity index (χ2v) is 11.5. The maximum absolute atomic E-state index is 12.9. The molecule has 0 atom stereocenters. The van der Waals surface area contributed by atoms with Gasteiger partial charge in [0.25, 0.3) is 10.0 Å². The Morgan fingerprint density at radius 1 is 1.00 bits per heavy atom. The molecular formula is C23H20N4O4S2. The van der Waals surface area contributed by atoms with Gasteiger partial charge in [0, 0.05) is 35.6 Å². The number of pyridine rings is 2. The normalized spacial score (nSPS) is 15.2. The van der Waals surface area contributed by atoms with Gasteiger partial charge in [0.15, 0.2) is 0 Å². The molecule has 3 heterocycles. The van der Waals surface area contributed by atoms with Crippen LogP contribution >= 0.6 is 0 Å². The molecule has 2 aromatic carbocycles. The largest absolute Gasteiger partial charge is 0.280 e. The number of benzene rings is 2. The van der Waals surface area contributed by atoms with Crippen molar-refractivity contribution in [2.75, 3.05) is 21.3 Å². The van der Waals surface area contributed by atoms with Crippen molar-refractivity contribution in [1.29, 1.82) is 0 Å². The minimum Gasteiger partial charge on any atom is -0.280 e. The Morgan fingerprint density at radius 2 is 1.79 bits per heavy atom. The molecule has 8 nitrogen and oxygen atoms in total. The molecule has 0 unspecified atom stereocenters. The lowest BCUT2D eigenvalue weighted by atomic mass is 10.0. The van der Waals surface area contributed by atoms with Crippen molar-refractivity contribution in [2.24, 2.45) is 0 Å². The Bertz CT molecular complexity index is 1580. The van der Waals surface area contributed by atoms with Crippen molar-refractivity contribution >= 4 is 42.3 Å². The Hall–Kier alpha value is -3.50. The van der Waals surface area contributed by atoms with Crippen LogP contribution in [0.4, 0.5) is 11.4 Å². The van der Waals surface area contributed by atoms with Crippen LogP contribution in [0.15, 0.2) is 78.0 Å². The van der Waals surface area contributed by atoms with E-state index in [2.05, 4.69) is 14.7 Å². The van der Waals surface area contributed by atoms with Crippen molar-refractivity contribution < 1.29 is 16.8 Å². The fourth-order valence-corrected chi connectivity index (χ4v) is 5.86. The molecule has 168 valence electrons. The molecule has 0 saturated carbocycles. The number of fused-ring (bicyclic) bond motifs is 1. The number of rotatable bonds is 5. The van der Waals surface area contributed by atoms with E-state index in [0.29, 0.717) is 17.9 Å². The summed E-state index contributed by atoms with van der Waals surface area (Å²) < 4.78 is 53.3. The molecule has 0 amide bonds. The van der Waals surface area contributed by atoms with E-state index in [4.69, 9.17) is 0 Å². The first-order valence-electron chi connectivity index (χ1n) is 10.2. The molecule has 0 bridgehead atoms. The molecule has 33 heavy (non-hydrogen) atoms. The molecule has 1 aliphatic heterocycles. The summed E-state index contributed by atoms with van der Waals surface area (Å²) in [7, 11) is -7.13. The standard InChI is InChI=1S/C23H20N4O4S2/c1-16-2-4-18(14-21(16)23-9-3-17-15-24-11-10-22(17)25-23)26-33(30,31)20-7-5-19(6-8-20)27-12-13-32(27,28)29/h2-11,14-15,26H,12-13H2,1H3. The van der Waals surface area contributed by atoms with Gasteiger partial charge >= 0.3 is 0 Å². The summed E-state index contributed by atoms with van der Waals surface area (Å²) in [5.74, 6) is 0.104. The van der Waals surface area contributed by atoms with Crippen molar-refractivity contribution in [3.05, 3.63) is 78.6 Å². The van der Waals surface area contributed by atoms with E-state index in [1.54, 1.807) is 24.5 Å². The predicted molar refractivity (Wildman–Crippen MR) is 128 cm³/mol. The predicted octanol–water partition coefficient (Wildman–Crippen LogP) is 3.56. The van der Waals surface area contributed by atoms with Gasteiger partial charge in [0.05, 0.1) is 27.5 Å². The number of hydrogen-bond acceptors (Lipinski definition) is 6. The Morgan fingerprint density at radius 3 is 2.48 bits per heavy atom. The van der Waals surface area contributed by atoms with Crippen molar-refractivity contribution in [3.63, 3.8) is 0 Å². The number of nitrogens with one attached hydrogen (secondary N) is 1. The van der Waals surface area contributed by atoms with Crippen LogP contribution in [0.3, 0.4) is 0 Å². The Labute approximate surface area is 192 Å². The summed E-state index contributed by atoms with van der Waals surface area (Å²) in [6.45, 7) is 2.34. The van der Waals surface area contributed by atoms with Crippen LogP contribution in [-0.2, 0) is 20.0 Å². The van der Waals surface area contributed by atoms with Crippen LogP contribution < -0.4 is 9.03 Å². The second-order valence-electron chi connectivity index (χ2n) is 7.78. The summed E-state index contributed by atoms with van der Waals surface area (Å²) >= 11 is 0. The lowest BCUT2D eigenvalue weighted by Gasteiger charge is -2.32. The lowest BCUT2D eigenvalue weighted by Crippen LogP contribution is -2.47. The third-order valence-electron chi connectivity index (χ3n) is 5.58. The van der Waals surface area contributed by atoms with Crippen LogP contribution in [-0.4, -0.2) is 39.1 Å². The van der Waals surface area contributed by atoms with Crippen molar-refractivity contribution in [1.82, 2.24) is 9.97 Å². The first-order chi connectivity index (χ1) is 15.7. The molecule has 1 saturated heterocycles. The summed E-state index contributed by atoms with van der Waals surface area (Å²) in [5.41, 5.74) is 4.16. The highest BCUT2D eigenvalue weighted by molar-refractivity contribution is 7.94. The van der Waals surface area contributed by atoms with Crippen LogP contribution in [0.2, 0.25) is 0 Å².